The van der Waals surface area contributed by atoms with Gasteiger partial charge < -0.3 is 15.4 Å². The normalized spacial score (nSPS) is 22.5. The molecule has 3 atom stereocenters. The smallest absolute Gasteiger partial charge is 0.418 e. The Balaban J connectivity index is 1.38. The molecule has 2 aromatic carbocycles. The van der Waals surface area contributed by atoms with Crippen LogP contribution in [-0.2, 0) is 42.5 Å². The molecular weight excluding hydrogens is 564 g/mol. The molecule has 2 aliphatic heterocycles. The van der Waals surface area contributed by atoms with Crippen LogP contribution in [0.5, 0.6) is 0 Å². The Hall–Kier alpha value is -4.49. The minimum absolute atomic E-state index is 0.00644. The molecule has 2 fully saturated rings. The quantitative estimate of drug-likeness (QED) is 0.494. The van der Waals surface area contributed by atoms with Crippen LogP contribution in [0.1, 0.15) is 42.9 Å². The van der Waals surface area contributed by atoms with Gasteiger partial charge in [-0.2, -0.15) is 13.2 Å². The van der Waals surface area contributed by atoms with Crippen LogP contribution in [-0.4, -0.2) is 64.3 Å². The Morgan fingerprint density at radius 2 is 1.81 bits per heavy atom. The lowest BCUT2D eigenvalue weighted by molar-refractivity contribution is -0.187. The van der Waals surface area contributed by atoms with E-state index in [4.69, 9.17) is 10.5 Å². The number of carbonyl (C=O) groups is 5. The van der Waals surface area contributed by atoms with Gasteiger partial charge in [0.2, 0.25) is 23.3 Å². The molecule has 2 aromatic rings. The van der Waals surface area contributed by atoms with Gasteiger partial charge in [-0.05, 0) is 55.2 Å². The van der Waals surface area contributed by atoms with Gasteiger partial charge in [0.25, 0.3) is 5.91 Å². The topological polar surface area (TPSA) is 130 Å². The Bertz CT molecular complexity index is 1480. The summed E-state index contributed by atoms with van der Waals surface area (Å²) in [6.45, 7) is -0.780. The second kappa shape index (κ2) is 10.4. The number of ether oxygens (including phenoxy) is 1. The first-order valence-corrected chi connectivity index (χ1v) is 13.1. The van der Waals surface area contributed by atoms with E-state index in [9.17, 15) is 41.5 Å². The fourth-order valence-electron chi connectivity index (χ4n) is 5.70. The molecule has 1 aliphatic carbocycles. The van der Waals surface area contributed by atoms with Gasteiger partial charge in [0.1, 0.15) is 24.4 Å². The number of fused-ring (bicyclic) bond motifs is 2. The average Bonchev–Trinajstić information content (AvgIpc) is 3.57. The van der Waals surface area contributed by atoms with Gasteiger partial charge in [0.05, 0.1) is 0 Å². The Labute approximate surface area is 237 Å². The van der Waals surface area contributed by atoms with Crippen LogP contribution in [0.25, 0.3) is 0 Å². The van der Waals surface area contributed by atoms with Crippen LogP contribution in [0.2, 0.25) is 0 Å². The first kappa shape index (κ1) is 29.0. The van der Waals surface area contributed by atoms with E-state index < -0.39 is 66.6 Å². The number of halogens is 4. The highest BCUT2D eigenvalue weighted by atomic mass is 19.4. The number of hydrogen-bond donors (Lipinski definition) is 1. The van der Waals surface area contributed by atoms with Crippen molar-refractivity contribution in [1.82, 2.24) is 9.80 Å². The van der Waals surface area contributed by atoms with Crippen molar-refractivity contribution in [3.63, 3.8) is 0 Å². The predicted octanol–water partition coefficient (Wildman–Crippen LogP) is 2.91. The second-order valence-corrected chi connectivity index (χ2v) is 10.5. The van der Waals surface area contributed by atoms with Crippen molar-refractivity contribution in [2.24, 2.45) is 5.73 Å². The van der Waals surface area contributed by atoms with Crippen molar-refractivity contribution in [3.05, 3.63) is 65.0 Å². The SMILES string of the molecule is C[C@H](N(Cc1ccc(F)cc1)C(=O)CN1C(=O)O[C@@]2(CCc3cc(N4C(=O)CC[C@H]4C(N)=O)ccc32)C1=O)C(F)(F)F. The Morgan fingerprint density at radius 3 is 2.45 bits per heavy atom. The van der Waals surface area contributed by atoms with Crippen LogP contribution in [0.3, 0.4) is 0 Å². The van der Waals surface area contributed by atoms with Crippen LogP contribution < -0.4 is 10.6 Å². The molecule has 5 amide bonds. The molecule has 3 aliphatic rings. The summed E-state index contributed by atoms with van der Waals surface area (Å²) in [6.07, 6.45) is -5.35. The molecule has 0 aromatic heterocycles. The summed E-state index contributed by atoms with van der Waals surface area (Å²) >= 11 is 0. The number of alkyl halides is 3. The van der Waals surface area contributed by atoms with Gasteiger partial charge in [-0.25, -0.2) is 14.1 Å². The van der Waals surface area contributed by atoms with Crippen LogP contribution in [0, 0.1) is 5.82 Å². The van der Waals surface area contributed by atoms with Gasteiger partial charge in [0.15, 0.2) is 0 Å². The number of anilines is 1. The third kappa shape index (κ3) is 4.94. The summed E-state index contributed by atoms with van der Waals surface area (Å²) in [6, 6.07) is 6.03. The number of nitrogens with two attached hydrogens (primary N) is 1. The summed E-state index contributed by atoms with van der Waals surface area (Å²) in [5, 5.41) is 0. The number of carbonyl (C=O) groups excluding carboxylic acids is 5. The summed E-state index contributed by atoms with van der Waals surface area (Å²) < 4.78 is 59.8. The van der Waals surface area contributed by atoms with E-state index in [1.165, 1.54) is 29.2 Å². The number of aryl methyl sites for hydroxylation is 1. The largest absolute Gasteiger partial charge is 0.427 e. The highest BCUT2D eigenvalue weighted by Crippen LogP contribution is 2.46. The lowest BCUT2D eigenvalue weighted by Gasteiger charge is -2.31. The van der Waals surface area contributed by atoms with E-state index >= 15 is 0 Å². The Kier molecular flexibility index (Phi) is 7.19. The number of nitrogens with zero attached hydrogens (tertiary/aromatic N) is 3. The maximum Gasteiger partial charge on any atom is 0.418 e. The average molecular weight is 591 g/mol. The molecule has 2 N–H and O–H groups in total. The molecule has 10 nitrogen and oxygen atoms in total. The van der Waals surface area contributed by atoms with E-state index in [0.29, 0.717) is 26.6 Å². The van der Waals surface area contributed by atoms with Gasteiger partial charge in [0, 0.05) is 30.6 Å². The maximum atomic E-state index is 13.7. The Morgan fingerprint density at radius 1 is 1.12 bits per heavy atom. The summed E-state index contributed by atoms with van der Waals surface area (Å²) in [5.74, 6) is -3.63. The molecular formula is C28H26F4N4O6. The number of imide groups is 1. The van der Waals surface area contributed by atoms with Crippen molar-refractivity contribution in [2.45, 2.75) is 63.0 Å². The van der Waals surface area contributed by atoms with Crippen molar-refractivity contribution in [3.8, 4) is 0 Å². The summed E-state index contributed by atoms with van der Waals surface area (Å²) in [7, 11) is 0. The standard InChI is InChI=1S/C28H26F4N4O6/c1-15(28(30,31)32)34(13-16-2-4-18(29)5-3-16)23(38)14-35-25(40)27(42-26(35)41)11-10-17-12-19(6-7-20(17)27)36-21(24(33)39)8-9-22(36)37/h2-7,12,15,21H,8-11,13-14H2,1H3,(H2,33,39)/t15-,21-,27+/m0/s1. The molecule has 2 saturated heterocycles. The molecule has 42 heavy (non-hydrogen) atoms. The number of amides is 5. The van der Waals surface area contributed by atoms with E-state index in [-0.39, 0.29) is 37.2 Å². The van der Waals surface area contributed by atoms with Crippen LogP contribution >= 0.6 is 0 Å². The molecule has 0 radical (unpaired) electrons. The molecule has 1 spiro atoms. The maximum absolute atomic E-state index is 13.7. The number of hydrogen-bond acceptors (Lipinski definition) is 6. The van der Waals surface area contributed by atoms with Gasteiger partial charge >= 0.3 is 12.3 Å². The molecule has 0 saturated carbocycles. The zero-order valence-corrected chi connectivity index (χ0v) is 22.3. The number of primary amides is 1. The lowest BCUT2D eigenvalue weighted by atomic mass is 9.94. The van der Waals surface area contributed by atoms with E-state index in [1.807, 2.05) is 0 Å². The zero-order valence-electron chi connectivity index (χ0n) is 22.3. The van der Waals surface area contributed by atoms with E-state index in [1.54, 1.807) is 6.07 Å². The van der Waals surface area contributed by atoms with Crippen molar-refractivity contribution >= 4 is 35.4 Å². The highest BCUT2D eigenvalue weighted by molar-refractivity contribution is 6.07. The lowest BCUT2D eigenvalue weighted by Crippen LogP contribution is -2.51. The van der Waals surface area contributed by atoms with E-state index in [2.05, 4.69) is 0 Å². The molecule has 5 rings (SSSR count). The molecule has 14 heteroatoms. The van der Waals surface area contributed by atoms with Crippen molar-refractivity contribution in [1.29, 1.82) is 0 Å². The van der Waals surface area contributed by atoms with Gasteiger partial charge in [-0.3, -0.25) is 24.1 Å². The van der Waals surface area contributed by atoms with E-state index in [0.717, 1.165) is 19.1 Å². The fourth-order valence-corrected chi connectivity index (χ4v) is 5.70. The zero-order chi connectivity index (χ0) is 30.6. The molecule has 2 heterocycles. The number of rotatable bonds is 7. The fraction of sp³-hybridized carbons (Fsp3) is 0.393. The summed E-state index contributed by atoms with van der Waals surface area (Å²) in [4.78, 5) is 66.1. The molecule has 0 unspecified atom stereocenters. The van der Waals surface area contributed by atoms with Crippen LogP contribution in [0.15, 0.2) is 42.5 Å². The predicted molar refractivity (Wildman–Crippen MR) is 137 cm³/mol. The van der Waals surface area contributed by atoms with Crippen LogP contribution in [0.4, 0.5) is 28.0 Å². The van der Waals surface area contributed by atoms with Crippen molar-refractivity contribution < 1.29 is 46.3 Å². The van der Waals surface area contributed by atoms with Gasteiger partial charge in [-0.1, -0.05) is 18.2 Å². The first-order valence-electron chi connectivity index (χ1n) is 13.1. The van der Waals surface area contributed by atoms with Crippen molar-refractivity contribution in [2.75, 3.05) is 11.4 Å². The second-order valence-electron chi connectivity index (χ2n) is 10.5. The molecule has 222 valence electrons. The first-order chi connectivity index (χ1) is 19.7. The summed E-state index contributed by atoms with van der Waals surface area (Å²) in [5.41, 5.74) is 5.13. The minimum Gasteiger partial charge on any atom is -0.427 e. The molecule has 0 bridgehead atoms. The third-order valence-corrected chi connectivity index (χ3v) is 7.98. The highest BCUT2D eigenvalue weighted by Gasteiger charge is 2.59. The van der Waals surface area contributed by atoms with Gasteiger partial charge in [-0.15, -0.1) is 0 Å². The monoisotopic (exact) mass is 590 g/mol. The minimum atomic E-state index is -4.82. The number of benzene rings is 2. The third-order valence-electron chi connectivity index (χ3n) is 7.98.